The number of rotatable bonds is 9. The molecule has 0 aliphatic heterocycles. The Balaban J connectivity index is 1.89. The second-order valence-corrected chi connectivity index (χ2v) is 5.57. The fraction of sp³-hybridized carbons (Fsp3) is 0.444. The highest BCUT2D eigenvalue weighted by Gasteiger charge is 2.06. The topological polar surface area (TPSA) is 28.4 Å². The molecule has 0 fully saturated rings. The van der Waals surface area contributed by atoms with Crippen LogP contribution in [-0.2, 0) is 19.5 Å². The lowest BCUT2D eigenvalue weighted by molar-refractivity contribution is 0.316. The van der Waals surface area contributed by atoms with Crippen LogP contribution in [0.4, 0.5) is 0 Å². The molecule has 0 aliphatic carbocycles. The minimum Gasteiger partial charge on any atom is -0.472 e. The summed E-state index contributed by atoms with van der Waals surface area (Å²) in [5.41, 5.74) is 4.08. The van der Waals surface area contributed by atoms with Crippen LogP contribution in [0.2, 0.25) is 0 Å². The molecule has 3 nitrogen and oxygen atoms in total. The molecule has 0 amide bonds. The summed E-state index contributed by atoms with van der Waals surface area (Å²) in [5, 5.41) is 3.47. The highest BCUT2D eigenvalue weighted by atomic mass is 16.3. The predicted octanol–water partition coefficient (Wildman–Crippen LogP) is 3.45. The summed E-state index contributed by atoms with van der Waals surface area (Å²) >= 11 is 0. The SMILES string of the molecule is CCCNCCc1ccccc1CN(C)Cc1ccoc1. The molecule has 0 aliphatic rings. The number of hydrogen-bond acceptors (Lipinski definition) is 3. The molecule has 3 heteroatoms. The third-order valence-electron chi connectivity index (χ3n) is 3.59. The van der Waals surface area contributed by atoms with Gasteiger partial charge in [0.1, 0.15) is 0 Å². The van der Waals surface area contributed by atoms with Crippen molar-refractivity contribution in [3.05, 3.63) is 59.5 Å². The van der Waals surface area contributed by atoms with Gasteiger partial charge in [-0.25, -0.2) is 0 Å². The fourth-order valence-corrected chi connectivity index (χ4v) is 2.52. The number of nitrogens with one attached hydrogen (secondary N) is 1. The molecule has 0 saturated carbocycles. The largest absolute Gasteiger partial charge is 0.472 e. The second kappa shape index (κ2) is 8.65. The average molecular weight is 286 g/mol. The van der Waals surface area contributed by atoms with Gasteiger partial charge in [0.05, 0.1) is 12.5 Å². The highest BCUT2D eigenvalue weighted by Crippen LogP contribution is 2.13. The third kappa shape index (κ3) is 5.37. The Labute approximate surface area is 128 Å². The first-order chi connectivity index (χ1) is 10.3. The maximum atomic E-state index is 5.13. The van der Waals surface area contributed by atoms with Gasteiger partial charge in [-0.05, 0) is 50.2 Å². The van der Waals surface area contributed by atoms with Crippen LogP contribution in [0.1, 0.15) is 30.0 Å². The molecule has 1 heterocycles. The van der Waals surface area contributed by atoms with Crippen molar-refractivity contribution in [1.82, 2.24) is 10.2 Å². The zero-order valence-corrected chi connectivity index (χ0v) is 13.1. The Kier molecular flexibility index (Phi) is 6.51. The molecule has 0 saturated heterocycles. The van der Waals surface area contributed by atoms with E-state index < -0.39 is 0 Å². The number of hydrogen-bond donors (Lipinski definition) is 1. The van der Waals surface area contributed by atoms with Gasteiger partial charge in [-0.3, -0.25) is 4.90 Å². The molecule has 0 unspecified atom stereocenters. The van der Waals surface area contributed by atoms with Crippen LogP contribution in [0.15, 0.2) is 47.3 Å². The highest BCUT2D eigenvalue weighted by molar-refractivity contribution is 5.27. The Morgan fingerprint density at radius 3 is 2.57 bits per heavy atom. The van der Waals surface area contributed by atoms with E-state index in [0.717, 1.165) is 32.6 Å². The van der Waals surface area contributed by atoms with Crippen LogP contribution in [0, 0.1) is 0 Å². The minimum absolute atomic E-state index is 0.916. The van der Waals surface area contributed by atoms with E-state index in [4.69, 9.17) is 4.42 Å². The van der Waals surface area contributed by atoms with Gasteiger partial charge >= 0.3 is 0 Å². The zero-order chi connectivity index (χ0) is 14.9. The van der Waals surface area contributed by atoms with Crippen LogP contribution in [0.25, 0.3) is 0 Å². The van der Waals surface area contributed by atoms with E-state index in [0.29, 0.717) is 0 Å². The summed E-state index contributed by atoms with van der Waals surface area (Å²) in [4.78, 5) is 2.32. The van der Waals surface area contributed by atoms with Crippen LogP contribution in [0.3, 0.4) is 0 Å². The molecule has 0 atom stereocenters. The average Bonchev–Trinajstić information content (AvgIpc) is 2.98. The Morgan fingerprint density at radius 1 is 1.05 bits per heavy atom. The molecule has 1 aromatic carbocycles. The zero-order valence-electron chi connectivity index (χ0n) is 13.1. The smallest absolute Gasteiger partial charge is 0.0947 e. The van der Waals surface area contributed by atoms with Crippen molar-refractivity contribution < 1.29 is 4.42 Å². The summed E-state index contributed by atoms with van der Waals surface area (Å²) in [7, 11) is 2.15. The molecular formula is C18H26N2O. The Bertz CT molecular complexity index is 508. The molecule has 114 valence electrons. The van der Waals surface area contributed by atoms with E-state index in [1.165, 1.54) is 23.1 Å². The quantitative estimate of drug-likeness (QED) is 0.716. The van der Waals surface area contributed by atoms with Crippen molar-refractivity contribution in [2.75, 3.05) is 20.1 Å². The Morgan fingerprint density at radius 2 is 1.86 bits per heavy atom. The van der Waals surface area contributed by atoms with E-state index in [9.17, 15) is 0 Å². The number of furan rings is 1. The van der Waals surface area contributed by atoms with Gasteiger partial charge in [0.25, 0.3) is 0 Å². The lowest BCUT2D eigenvalue weighted by Gasteiger charge is -2.18. The molecule has 1 aromatic heterocycles. The molecule has 0 bridgehead atoms. The maximum absolute atomic E-state index is 5.13. The molecule has 21 heavy (non-hydrogen) atoms. The van der Waals surface area contributed by atoms with Crippen molar-refractivity contribution in [2.45, 2.75) is 32.9 Å². The van der Waals surface area contributed by atoms with Crippen molar-refractivity contribution >= 4 is 0 Å². The summed E-state index contributed by atoms with van der Waals surface area (Å²) in [6.07, 6.45) is 5.83. The van der Waals surface area contributed by atoms with Crippen molar-refractivity contribution in [3.8, 4) is 0 Å². The van der Waals surface area contributed by atoms with Gasteiger partial charge in [0.2, 0.25) is 0 Å². The van der Waals surface area contributed by atoms with Gasteiger partial charge in [-0.2, -0.15) is 0 Å². The van der Waals surface area contributed by atoms with E-state index in [-0.39, 0.29) is 0 Å². The number of benzene rings is 1. The van der Waals surface area contributed by atoms with Crippen molar-refractivity contribution in [2.24, 2.45) is 0 Å². The van der Waals surface area contributed by atoms with Gasteiger partial charge in [-0.1, -0.05) is 31.2 Å². The number of nitrogens with zero attached hydrogens (tertiary/aromatic N) is 1. The first-order valence-corrected chi connectivity index (χ1v) is 7.76. The summed E-state index contributed by atoms with van der Waals surface area (Å²) in [6.45, 7) is 6.23. The molecule has 2 rings (SSSR count). The van der Waals surface area contributed by atoms with Gasteiger partial charge < -0.3 is 9.73 Å². The standard InChI is InChI=1S/C18H26N2O/c1-3-10-19-11-8-17-6-4-5-7-18(17)14-20(2)13-16-9-12-21-15-16/h4-7,9,12,15,19H,3,8,10-11,13-14H2,1-2H3. The summed E-state index contributed by atoms with van der Waals surface area (Å²) in [5.74, 6) is 0. The first-order valence-electron chi connectivity index (χ1n) is 7.76. The summed E-state index contributed by atoms with van der Waals surface area (Å²) in [6, 6.07) is 10.8. The Hall–Kier alpha value is -1.58. The predicted molar refractivity (Wildman–Crippen MR) is 87.2 cm³/mol. The van der Waals surface area contributed by atoms with Crippen LogP contribution in [0.5, 0.6) is 0 Å². The van der Waals surface area contributed by atoms with E-state index >= 15 is 0 Å². The van der Waals surface area contributed by atoms with Gasteiger partial charge in [0, 0.05) is 18.7 Å². The van der Waals surface area contributed by atoms with Gasteiger partial charge in [0.15, 0.2) is 0 Å². The normalized spacial score (nSPS) is 11.2. The molecule has 0 spiro atoms. The van der Waals surface area contributed by atoms with Crippen LogP contribution < -0.4 is 5.32 Å². The molecular weight excluding hydrogens is 260 g/mol. The molecule has 0 radical (unpaired) electrons. The first kappa shape index (κ1) is 15.8. The molecule has 2 aromatic rings. The van der Waals surface area contributed by atoms with Crippen molar-refractivity contribution in [3.63, 3.8) is 0 Å². The van der Waals surface area contributed by atoms with Crippen LogP contribution in [-0.4, -0.2) is 25.0 Å². The third-order valence-corrected chi connectivity index (χ3v) is 3.59. The molecule has 1 N–H and O–H groups in total. The lowest BCUT2D eigenvalue weighted by atomic mass is 10.0. The van der Waals surface area contributed by atoms with E-state index in [1.54, 1.807) is 6.26 Å². The maximum Gasteiger partial charge on any atom is 0.0947 e. The van der Waals surface area contributed by atoms with Crippen molar-refractivity contribution in [1.29, 1.82) is 0 Å². The fourth-order valence-electron chi connectivity index (χ4n) is 2.52. The monoisotopic (exact) mass is 286 g/mol. The lowest BCUT2D eigenvalue weighted by Crippen LogP contribution is -2.20. The second-order valence-electron chi connectivity index (χ2n) is 5.57. The summed E-state index contributed by atoms with van der Waals surface area (Å²) < 4.78 is 5.13. The van der Waals surface area contributed by atoms with Gasteiger partial charge in [-0.15, -0.1) is 0 Å². The van der Waals surface area contributed by atoms with E-state index in [2.05, 4.69) is 48.5 Å². The minimum atomic E-state index is 0.916. The van der Waals surface area contributed by atoms with E-state index in [1.807, 2.05) is 12.3 Å². The van der Waals surface area contributed by atoms with Crippen LogP contribution >= 0.6 is 0 Å².